The van der Waals surface area contributed by atoms with Crippen LogP contribution in [0.4, 0.5) is 13.2 Å². The Hall–Kier alpha value is -1.60. The second-order valence-corrected chi connectivity index (χ2v) is 8.22. The fraction of sp³-hybridized carbons (Fsp3) is 0.650. The first kappa shape index (κ1) is 20.1. The maximum Gasteiger partial charge on any atom is 0.432 e. The number of esters is 1. The molecular formula is C20H25F3O4. The average Bonchev–Trinajstić information content (AvgIpc) is 3.27. The molecule has 0 bridgehead atoms. The van der Waals surface area contributed by atoms with Crippen LogP contribution >= 0.6 is 0 Å². The van der Waals surface area contributed by atoms with Crippen molar-refractivity contribution in [3.8, 4) is 0 Å². The Balaban J connectivity index is 1.93. The van der Waals surface area contributed by atoms with Gasteiger partial charge in [-0.3, -0.25) is 0 Å². The van der Waals surface area contributed by atoms with Gasteiger partial charge in [-0.1, -0.05) is 44.2 Å². The molecule has 0 unspecified atom stereocenters. The van der Waals surface area contributed by atoms with Gasteiger partial charge >= 0.3 is 12.1 Å². The summed E-state index contributed by atoms with van der Waals surface area (Å²) < 4.78 is 52.0. The number of aliphatic hydroxyl groups is 1. The molecule has 0 amide bonds. The summed E-state index contributed by atoms with van der Waals surface area (Å²) >= 11 is 0. The molecule has 0 saturated heterocycles. The minimum absolute atomic E-state index is 0.0812. The van der Waals surface area contributed by atoms with Crippen LogP contribution in [0.3, 0.4) is 0 Å². The van der Waals surface area contributed by atoms with Crippen molar-refractivity contribution in [3.63, 3.8) is 0 Å². The molecule has 2 aliphatic carbocycles. The highest BCUT2D eigenvalue weighted by molar-refractivity contribution is 5.83. The Bertz CT molecular complexity index is 716. The highest BCUT2D eigenvalue weighted by atomic mass is 19.4. The van der Waals surface area contributed by atoms with Crippen molar-refractivity contribution in [3.05, 3.63) is 35.9 Å². The topological polar surface area (TPSA) is 55.8 Å². The SMILES string of the molecule is CO[C@@](C(=O)O[C@@H]1C[C@]2(C(C)C)C[C@@H]2[C@]1(C)O)(c1ccccc1)C(F)(F)F. The Morgan fingerprint density at radius 2 is 1.81 bits per heavy atom. The second kappa shape index (κ2) is 6.21. The van der Waals surface area contributed by atoms with Crippen LogP contribution in [0.25, 0.3) is 0 Å². The van der Waals surface area contributed by atoms with Gasteiger partial charge in [-0.25, -0.2) is 4.79 Å². The van der Waals surface area contributed by atoms with Crippen LogP contribution in [-0.2, 0) is 19.9 Å². The van der Waals surface area contributed by atoms with Crippen LogP contribution in [0.15, 0.2) is 30.3 Å². The van der Waals surface area contributed by atoms with Crippen LogP contribution in [0, 0.1) is 17.3 Å². The van der Waals surface area contributed by atoms with Gasteiger partial charge in [0.2, 0.25) is 0 Å². The minimum Gasteiger partial charge on any atom is -0.457 e. The monoisotopic (exact) mass is 386 g/mol. The summed E-state index contributed by atoms with van der Waals surface area (Å²) in [5.41, 5.74) is -5.13. The summed E-state index contributed by atoms with van der Waals surface area (Å²) in [6.07, 6.45) is -4.89. The smallest absolute Gasteiger partial charge is 0.432 e. The first-order chi connectivity index (χ1) is 12.4. The molecule has 2 saturated carbocycles. The van der Waals surface area contributed by atoms with E-state index in [9.17, 15) is 23.1 Å². The highest BCUT2D eigenvalue weighted by Crippen LogP contribution is 2.71. The first-order valence-corrected chi connectivity index (χ1v) is 9.04. The zero-order valence-corrected chi connectivity index (χ0v) is 15.8. The third-order valence-electron chi connectivity index (χ3n) is 6.61. The summed E-state index contributed by atoms with van der Waals surface area (Å²) in [6, 6.07) is 6.71. The molecule has 0 aliphatic heterocycles. The van der Waals surface area contributed by atoms with E-state index in [1.165, 1.54) is 31.2 Å². The lowest BCUT2D eigenvalue weighted by Crippen LogP contribution is -2.54. The first-order valence-electron chi connectivity index (χ1n) is 9.04. The molecule has 2 aliphatic rings. The molecule has 1 aromatic rings. The van der Waals surface area contributed by atoms with Crippen LogP contribution < -0.4 is 0 Å². The largest absolute Gasteiger partial charge is 0.457 e. The quantitative estimate of drug-likeness (QED) is 0.782. The van der Waals surface area contributed by atoms with Crippen LogP contribution in [0.5, 0.6) is 0 Å². The minimum atomic E-state index is -5.02. The van der Waals surface area contributed by atoms with E-state index >= 15 is 0 Å². The summed E-state index contributed by atoms with van der Waals surface area (Å²) in [4.78, 5) is 12.8. The number of hydrogen-bond donors (Lipinski definition) is 1. The summed E-state index contributed by atoms with van der Waals surface area (Å²) in [6.45, 7) is 5.57. The molecule has 2 fully saturated rings. The maximum absolute atomic E-state index is 14.0. The van der Waals surface area contributed by atoms with Crippen molar-refractivity contribution in [1.29, 1.82) is 0 Å². The molecule has 0 spiro atoms. The molecule has 1 N–H and O–H groups in total. The molecule has 4 nitrogen and oxygen atoms in total. The van der Waals surface area contributed by atoms with Gasteiger partial charge in [0.25, 0.3) is 5.60 Å². The Kier molecular flexibility index (Phi) is 4.63. The number of halogens is 3. The summed E-state index contributed by atoms with van der Waals surface area (Å²) in [7, 11) is 0.835. The predicted octanol–water partition coefficient (Wildman–Crippen LogP) is 3.82. The number of carbonyl (C=O) groups is 1. The van der Waals surface area contributed by atoms with Crippen LogP contribution in [0.1, 0.15) is 39.2 Å². The maximum atomic E-state index is 14.0. The third kappa shape index (κ3) is 2.78. The van der Waals surface area contributed by atoms with Crippen molar-refractivity contribution >= 4 is 5.97 Å². The lowest BCUT2D eigenvalue weighted by Gasteiger charge is -2.36. The predicted molar refractivity (Wildman–Crippen MR) is 91.7 cm³/mol. The van der Waals surface area contributed by atoms with E-state index in [-0.39, 0.29) is 22.8 Å². The normalized spacial score (nSPS) is 34.9. The highest BCUT2D eigenvalue weighted by Gasteiger charge is 2.73. The van der Waals surface area contributed by atoms with Gasteiger partial charge in [0.15, 0.2) is 0 Å². The number of methoxy groups -OCH3 is 1. The zero-order chi connectivity index (χ0) is 20.3. The van der Waals surface area contributed by atoms with E-state index in [0.29, 0.717) is 6.42 Å². The Morgan fingerprint density at radius 3 is 2.26 bits per heavy atom. The average molecular weight is 386 g/mol. The third-order valence-corrected chi connectivity index (χ3v) is 6.61. The lowest BCUT2D eigenvalue weighted by molar-refractivity contribution is -0.280. The van der Waals surface area contributed by atoms with Crippen molar-refractivity contribution < 1.29 is 32.5 Å². The zero-order valence-electron chi connectivity index (χ0n) is 15.8. The van der Waals surface area contributed by atoms with Crippen LogP contribution in [-0.4, -0.2) is 36.1 Å². The molecule has 0 heterocycles. The number of fused-ring (bicyclic) bond motifs is 1. The van der Waals surface area contributed by atoms with E-state index in [1.807, 2.05) is 13.8 Å². The molecular weight excluding hydrogens is 361 g/mol. The fourth-order valence-corrected chi connectivity index (χ4v) is 4.75. The van der Waals surface area contributed by atoms with Crippen molar-refractivity contribution in [2.24, 2.45) is 17.3 Å². The fourth-order valence-electron chi connectivity index (χ4n) is 4.75. The number of hydrogen-bond acceptors (Lipinski definition) is 4. The van der Waals surface area contributed by atoms with Crippen molar-refractivity contribution in [2.75, 3.05) is 7.11 Å². The molecule has 5 atom stereocenters. The molecule has 1 aromatic carbocycles. The molecule has 0 radical (unpaired) electrons. The number of rotatable bonds is 5. The summed E-state index contributed by atoms with van der Waals surface area (Å²) in [5, 5.41) is 10.8. The molecule has 0 aromatic heterocycles. The number of alkyl halides is 3. The van der Waals surface area contributed by atoms with Gasteiger partial charge in [-0.05, 0) is 37.0 Å². The number of ether oxygens (including phenoxy) is 2. The summed E-state index contributed by atoms with van der Waals surface area (Å²) in [5.74, 6) is -1.39. The van der Waals surface area contributed by atoms with Gasteiger partial charge < -0.3 is 14.6 Å². The Morgan fingerprint density at radius 1 is 1.22 bits per heavy atom. The Labute approximate surface area is 156 Å². The second-order valence-electron chi connectivity index (χ2n) is 8.22. The number of carbonyl (C=O) groups excluding carboxylic acids is 1. The molecule has 150 valence electrons. The standard InChI is InChI=1S/C20H25F3O4/c1-12(2)18-10-14(18)17(3,25)15(11-18)27-16(24)19(26-4,20(21,22)23)13-8-6-5-7-9-13/h5-9,12,14-15,25H,10-11H2,1-4H3/t14-,15-,17+,18+,19-/m1/s1. The van der Waals surface area contributed by atoms with E-state index in [0.717, 1.165) is 13.5 Å². The van der Waals surface area contributed by atoms with Gasteiger partial charge in [0.05, 0.1) is 0 Å². The molecule has 7 heteroatoms. The van der Waals surface area contributed by atoms with E-state index in [4.69, 9.17) is 9.47 Å². The number of benzene rings is 1. The van der Waals surface area contributed by atoms with Crippen molar-refractivity contribution in [2.45, 2.75) is 57.1 Å². The van der Waals surface area contributed by atoms with Gasteiger partial charge in [-0.2, -0.15) is 13.2 Å². The van der Waals surface area contributed by atoms with E-state index in [1.54, 1.807) is 6.07 Å². The van der Waals surface area contributed by atoms with Crippen molar-refractivity contribution in [1.82, 2.24) is 0 Å². The van der Waals surface area contributed by atoms with Gasteiger partial charge in [0.1, 0.15) is 11.7 Å². The van der Waals surface area contributed by atoms with E-state index in [2.05, 4.69) is 0 Å². The lowest BCUT2D eigenvalue weighted by atomic mass is 9.89. The van der Waals surface area contributed by atoms with Gasteiger partial charge in [0, 0.05) is 12.7 Å². The van der Waals surface area contributed by atoms with Crippen LogP contribution in [0.2, 0.25) is 0 Å². The molecule has 3 rings (SSSR count). The van der Waals surface area contributed by atoms with Gasteiger partial charge in [-0.15, -0.1) is 0 Å². The van der Waals surface area contributed by atoms with E-state index < -0.39 is 29.5 Å². The molecule has 27 heavy (non-hydrogen) atoms.